The molecule has 2 heterocycles. The summed E-state index contributed by atoms with van der Waals surface area (Å²) in [6.45, 7) is 1.15. The number of halogens is 1. The Morgan fingerprint density at radius 2 is 2.12 bits per heavy atom. The predicted octanol–water partition coefficient (Wildman–Crippen LogP) is 2.82. The molecule has 0 N–H and O–H groups in total. The van der Waals surface area contributed by atoms with Gasteiger partial charge in [0.05, 0.1) is 19.2 Å². The van der Waals surface area contributed by atoms with Crippen molar-refractivity contribution in [2.45, 2.75) is 18.9 Å². The van der Waals surface area contributed by atoms with Crippen LogP contribution in [0.2, 0.25) is 5.02 Å². The van der Waals surface area contributed by atoms with Gasteiger partial charge in [0.1, 0.15) is 11.9 Å². The Morgan fingerprint density at radius 1 is 1.33 bits per heavy atom. The summed E-state index contributed by atoms with van der Waals surface area (Å²) in [5, 5.41) is 0.502. The molecule has 0 bridgehead atoms. The van der Waals surface area contributed by atoms with Crippen LogP contribution in [0.3, 0.4) is 0 Å². The Hall–Kier alpha value is -2.34. The number of hydrogen-bond donors (Lipinski definition) is 0. The molecule has 3 rings (SSSR count). The number of benzene rings is 1. The normalized spacial score (nSPS) is 17.4. The third-order valence-corrected chi connectivity index (χ3v) is 4.11. The Kier molecular flexibility index (Phi) is 5.15. The minimum atomic E-state index is -0.129. The van der Waals surface area contributed by atoms with Crippen molar-refractivity contribution in [3.8, 4) is 11.8 Å². The molecule has 1 aromatic heterocycles. The maximum Gasteiger partial charge on any atom is 0.316 e. The molecule has 0 saturated carbocycles. The van der Waals surface area contributed by atoms with E-state index >= 15 is 0 Å². The first-order valence-electron chi connectivity index (χ1n) is 7.74. The van der Waals surface area contributed by atoms with E-state index in [-0.39, 0.29) is 12.0 Å². The zero-order valence-corrected chi connectivity index (χ0v) is 14.1. The summed E-state index contributed by atoms with van der Waals surface area (Å²) in [6, 6.07) is 7.09. The number of methoxy groups -OCH3 is 1. The van der Waals surface area contributed by atoms with E-state index in [1.165, 1.54) is 7.11 Å². The standard InChI is InChI=1S/C17H18ClN3O3/c1-23-15-6-5-12(18)10-14(15)16(22)21-9-2-4-13(11-21)24-17-19-7-3-8-20-17/h3,5-8,10,13H,2,4,9,11H2,1H3/t13-/m0/s1. The van der Waals surface area contributed by atoms with Gasteiger partial charge in [-0.25, -0.2) is 9.97 Å². The Morgan fingerprint density at radius 3 is 2.88 bits per heavy atom. The minimum Gasteiger partial charge on any atom is -0.496 e. The summed E-state index contributed by atoms with van der Waals surface area (Å²) < 4.78 is 11.1. The predicted molar refractivity (Wildman–Crippen MR) is 89.6 cm³/mol. The van der Waals surface area contributed by atoms with Crippen molar-refractivity contribution in [2.75, 3.05) is 20.2 Å². The molecular weight excluding hydrogens is 330 g/mol. The highest BCUT2D eigenvalue weighted by Gasteiger charge is 2.27. The summed E-state index contributed by atoms with van der Waals surface area (Å²) in [5.74, 6) is 0.399. The van der Waals surface area contributed by atoms with Crippen LogP contribution >= 0.6 is 11.6 Å². The lowest BCUT2D eigenvalue weighted by Gasteiger charge is -2.32. The van der Waals surface area contributed by atoms with Gasteiger partial charge >= 0.3 is 6.01 Å². The van der Waals surface area contributed by atoms with Crippen LogP contribution in [-0.4, -0.2) is 47.1 Å². The summed E-state index contributed by atoms with van der Waals surface area (Å²) in [5.41, 5.74) is 0.460. The molecule has 6 nitrogen and oxygen atoms in total. The van der Waals surface area contributed by atoms with E-state index in [1.807, 2.05) is 0 Å². The average Bonchev–Trinajstić information content (AvgIpc) is 2.62. The number of amides is 1. The van der Waals surface area contributed by atoms with Gasteiger partial charge in [-0.15, -0.1) is 0 Å². The number of ether oxygens (including phenoxy) is 2. The minimum absolute atomic E-state index is 0.114. The largest absolute Gasteiger partial charge is 0.496 e. The van der Waals surface area contributed by atoms with E-state index in [9.17, 15) is 4.79 Å². The number of likely N-dealkylation sites (tertiary alicyclic amines) is 1. The van der Waals surface area contributed by atoms with E-state index in [0.717, 1.165) is 12.8 Å². The Labute approximate surface area is 145 Å². The Balaban J connectivity index is 1.72. The zero-order chi connectivity index (χ0) is 16.9. The molecule has 24 heavy (non-hydrogen) atoms. The molecule has 2 aromatic rings. The van der Waals surface area contributed by atoms with Crippen molar-refractivity contribution in [3.05, 3.63) is 47.2 Å². The number of piperidine rings is 1. The van der Waals surface area contributed by atoms with Crippen molar-refractivity contribution >= 4 is 17.5 Å². The topological polar surface area (TPSA) is 64.5 Å². The van der Waals surface area contributed by atoms with Gasteiger partial charge in [-0.05, 0) is 37.1 Å². The second-order valence-corrected chi connectivity index (χ2v) is 5.95. The molecule has 7 heteroatoms. The highest BCUT2D eigenvalue weighted by atomic mass is 35.5. The third kappa shape index (κ3) is 3.76. The first kappa shape index (κ1) is 16.5. The molecule has 0 spiro atoms. The van der Waals surface area contributed by atoms with E-state index < -0.39 is 0 Å². The van der Waals surface area contributed by atoms with Gasteiger partial charge in [0, 0.05) is 24.0 Å². The van der Waals surface area contributed by atoms with E-state index in [1.54, 1.807) is 41.6 Å². The molecule has 1 aromatic carbocycles. The second-order valence-electron chi connectivity index (χ2n) is 5.51. The number of aromatic nitrogens is 2. The van der Waals surface area contributed by atoms with Crippen LogP contribution in [-0.2, 0) is 0 Å². The van der Waals surface area contributed by atoms with Gasteiger partial charge < -0.3 is 14.4 Å². The maximum absolute atomic E-state index is 12.8. The Bertz CT molecular complexity index is 711. The van der Waals surface area contributed by atoms with Crippen LogP contribution in [0.1, 0.15) is 23.2 Å². The average molecular weight is 348 g/mol. The maximum atomic E-state index is 12.8. The molecule has 1 fully saturated rings. The van der Waals surface area contributed by atoms with Crippen molar-refractivity contribution in [2.24, 2.45) is 0 Å². The molecule has 126 valence electrons. The molecule has 1 saturated heterocycles. The number of carbonyl (C=O) groups excluding carboxylic acids is 1. The van der Waals surface area contributed by atoms with Crippen LogP contribution in [0.4, 0.5) is 0 Å². The van der Waals surface area contributed by atoms with Crippen LogP contribution in [0.25, 0.3) is 0 Å². The zero-order valence-electron chi connectivity index (χ0n) is 13.3. The van der Waals surface area contributed by atoms with Gasteiger partial charge in [-0.2, -0.15) is 0 Å². The van der Waals surface area contributed by atoms with Crippen LogP contribution < -0.4 is 9.47 Å². The van der Waals surface area contributed by atoms with Crippen molar-refractivity contribution < 1.29 is 14.3 Å². The van der Waals surface area contributed by atoms with Crippen molar-refractivity contribution in [3.63, 3.8) is 0 Å². The number of hydrogen-bond acceptors (Lipinski definition) is 5. The lowest BCUT2D eigenvalue weighted by molar-refractivity contribution is 0.0513. The molecular formula is C17H18ClN3O3. The highest BCUT2D eigenvalue weighted by molar-refractivity contribution is 6.31. The molecule has 1 aliphatic heterocycles. The summed E-state index contributed by atoms with van der Waals surface area (Å²) in [6.07, 6.45) is 4.84. The van der Waals surface area contributed by atoms with E-state index in [2.05, 4.69) is 9.97 Å². The lowest BCUT2D eigenvalue weighted by atomic mass is 10.1. The monoisotopic (exact) mass is 347 g/mol. The van der Waals surface area contributed by atoms with Crippen molar-refractivity contribution in [1.29, 1.82) is 0 Å². The highest BCUT2D eigenvalue weighted by Crippen LogP contribution is 2.26. The summed E-state index contributed by atoms with van der Waals surface area (Å²) in [7, 11) is 1.54. The molecule has 0 unspecified atom stereocenters. The van der Waals surface area contributed by atoms with Gasteiger partial charge in [0.15, 0.2) is 0 Å². The summed E-state index contributed by atoms with van der Waals surface area (Å²) in [4.78, 5) is 22.7. The first-order valence-corrected chi connectivity index (χ1v) is 8.11. The molecule has 0 aliphatic carbocycles. The smallest absolute Gasteiger partial charge is 0.316 e. The summed E-state index contributed by atoms with van der Waals surface area (Å²) >= 11 is 6.03. The lowest BCUT2D eigenvalue weighted by Crippen LogP contribution is -2.44. The fourth-order valence-electron chi connectivity index (χ4n) is 2.73. The molecule has 1 amide bonds. The van der Waals surface area contributed by atoms with Gasteiger partial charge in [-0.3, -0.25) is 4.79 Å². The fourth-order valence-corrected chi connectivity index (χ4v) is 2.90. The second kappa shape index (κ2) is 7.49. The van der Waals surface area contributed by atoms with Crippen LogP contribution in [0.15, 0.2) is 36.7 Å². The first-order chi connectivity index (χ1) is 11.7. The molecule has 1 aliphatic rings. The molecule has 0 radical (unpaired) electrons. The molecule has 1 atom stereocenters. The van der Waals surface area contributed by atoms with Crippen LogP contribution in [0.5, 0.6) is 11.8 Å². The van der Waals surface area contributed by atoms with Gasteiger partial charge in [0.2, 0.25) is 0 Å². The third-order valence-electron chi connectivity index (χ3n) is 3.87. The van der Waals surface area contributed by atoms with Crippen molar-refractivity contribution in [1.82, 2.24) is 14.9 Å². The van der Waals surface area contributed by atoms with Crippen LogP contribution in [0, 0.1) is 0 Å². The van der Waals surface area contributed by atoms with Gasteiger partial charge in [0.25, 0.3) is 5.91 Å². The number of rotatable bonds is 4. The number of nitrogens with zero attached hydrogens (tertiary/aromatic N) is 3. The SMILES string of the molecule is COc1ccc(Cl)cc1C(=O)N1CCC[C@H](Oc2ncccn2)C1. The number of carbonyl (C=O) groups is 1. The van der Waals surface area contributed by atoms with Gasteiger partial charge in [-0.1, -0.05) is 11.6 Å². The van der Waals surface area contributed by atoms with E-state index in [4.69, 9.17) is 21.1 Å². The quantitative estimate of drug-likeness (QED) is 0.851. The van der Waals surface area contributed by atoms with E-state index in [0.29, 0.717) is 35.4 Å². The fraction of sp³-hybridized carbons (Fsp3) is 0.353.